The Morgan fingerprint density at radius 3 is 2.41 bits per heavy atom. The lowest BCUT2D eigenvalue weighted by atomic mass is 9.75. The minimum atomic E-state index is -1.94. The molecule has 12 nitrogen and oxygen atoms in total. The predicted molar refractivity (Wildman–Crippen MR) is 209 cm³/mol. The molecule has 2 aromatic carbocycles. The zero-order valence-electron chi connectivity index (χ0n) is 31.9. The van der Waals surface area contributed by atoms with Crippen LogP contribution in [0.5, 0.6) is 0 Å². The molecule has 4 atom stereocenters. The van der Waals surface area contributed by atoms with Crippen LogP contribution in [-0.4, -0.2) is 100 Å². The number of nitrogens with zero attached hydrogens (tertiary/aromatic N) is 2. The highest BCUT2D eigenvalue weighted by Gasteiger charge is 2.53. The highest BCUT2D eigenvalue weighted by atomic mass is 32.1. The highest BCUT2D eigenvalue weighted by molar-refractivity contribution is 7.07. The van der Waals surface area contributed by atoms with E-state index in [9.17, 15) is 29.4 Å². The Morgan fingerprint density at radius 2 is 1.72 bits per heavy atom. The van der Waals surface area contributed by atoms with Crippen molar-refractivity contribution in [1.29, 1.82) is 0 Å². The number of benzene rings is 2. The molecule has 0 spiro atoms. The average Bonchev–Trinajstić information content (AvgIpc) is 3.69. The Hall–Kier alpha value is -3.91. The third kappa shape index (κ3) is 10.6. The molecular formula is C41H57N5O7S. The van der Waals surface area contributed by atoms with Crippen molar-refractivity contribution in [3.8, 4) is 0 Å². The Labute approximate surface area is 322 Å². The van der Waals surface area contributed by atoms with Crippen molar-refractivity contribution in [2.75, 3.05) is 33.4 Å². The van der Waals surface area contributed by atoms with Crippen LogP contribution < -0.4 is 16.0 Å². The molecule has 1 aliphatic carbocycles. The normalized spacial score (nSPS) is 18.3. The van der Waals surface area contributed by atoms with Crippen LogP contribution in [0, 0.1) is 11.8 Å². The van der Waals surface area contributed by atoms with Gasteiger partial charge in [0.2, 0.25) is 23.6 Å². The number of carbonyl (C=O) groups excluding carboxylic acids is 4. The van der Waals surface area contributed by atoms with Gasteiger partial charge in [-0.15, -0.1) is 11.3 Å². The van der Waals surface area contributed by atoms with Crippen molar-refractivity contribution in [2.24, 2.45) is 11.8 Å². The lowest BCUT2D eigenvalue weighted by Gasteiger charge is -2.44. The van der Waals surface area contributed by atoms with Gasteiger partial charge in [-0.05, 0) is 55.4 Å². The summed E-state index contributed by atoms with van der Waals surface area (Å²) in [4.78, 5) is 62.4. The first-order chi connectivity index (χ1) is 25.9. The molecule has 2 aliphatic rings. The second-order valence-corrected chi connectivity index (χ2v) is 16.2. The number of hydrogen-bond acceptors (Lipinski definition) is 9. The van der Waals surface area contributed by atoms with Crippen LogP contribution >= 0.6 is 11.3 Å². The molecule has 0 bridgehead atoms. The molecule has 5 N–H and O–H groups in total. The monoisotopic (exact) mass is 763 g/mol. The number of aliphatic hydroxyl groups is 2. The van der Waals surface area contributed by atoms with E-state index in [1.165, 1.54) is 51.5 Å². The van der Waals surface area contributed by atoms with Crippen molar-refractivity contribution in [2.45, 2.75) is 108 Å². The number of fused-ring (bicyclic) bond motifs is 1. The van der Waals surface area contributed by atoms with Crippen molar-refractivity contribution in [3.63, 3.8) is 0 Å². The predicted octanol–water partition coefficient (Wildman–Crippen LogP) is 3.91. The van der Waals surface area contributed by atoms with Crippen LogP contribution in [0.3, 0.4) is 0 Å². The van der Waals surface area contributed by atoms with Crippen LogP contribution in [0.15, 0.2) is 53.4 Å². The van der Waals surface area contributed by atoms with Crippen LogP contribution in [0.4, 0.5) is 0 Å². The van der Waals surface area contributed by atoms with E-state index in [1.54, 1.807) is 15.8 Å². The van der Waals surface area contributed by atoms with Crippen LogP contribution in [0.1, 0.15) is 82.9 Å². The van der Waals surface area contributed by atoms with Gasteiger partial charge in [0.25, 0.3) is 0 Å². The summed E-state index contributed by atoms with van der Waals surface area (Å²) in [6, 6.07) is 12.5. The highest BCUT2D eigenvalue weighted by Crippen LogP contribution is 2.32. The summed E-state index contributed by atoms with van der Waals surface area (Å²) in [6.07, 6.45) is 5.90. The Morgan fingerprint density at radius 1 is 1.00 bits per heavy atom. The zero-order valence-corrected chi connectivity index (χ0v) is 32.7. The van der Waals surface area contributed by atoms with E-state index in [4.69, 9.17) is 4.74 Å². The van der Waals surface area contributed by atoms with E-state index in [0.717, 1.165) is 35.6 Å². The summed E-state index contributed by atoms with van der Waals surface area (Å²) in [7, 11) is 1.42. The molecule has 2 heterocycles. The zero-order chi connectivity index (χ0) is 38.7. The van der Waals surface area contributed by atoms with E-state index in [2.05, 4.69) is 20.9 Å². The first-order valence-corrected chi connectivity index (χ1v) is 20.3. The number of aromatic nitrogens is 1. The SMILES string of the molecule is CNC(=O)C(C[C@@H](O)CCC1CCCCC1)(NC(=O)[C@H](Cc1cscn1)NC(=O)C(CC(=O)N1CCOCC1)Cc1cccc2ccccc12)C(C)(C)O. The van der Waals surface area contributed by atoms with Gasteiger partial charge in [0.05, 0.1) is 42.0 Å². The molecule has 294 valence electrons. The first kappa shape index (κ1) is 41.3. The number of aliphatic hydroxyl groups excluding tert-OH is 1. The molecule has 3 aromatic rings. The van der Waals surface area contributed by atoms with E-state index in [0.29, 0.717) is 44.3 Å². The van der Waals surface area contributed by atoms with Gasteiger partial charge in [0, 0.05) is 44.8 Å². The number of ether oxygens (including phenoxy) is 1. The maximum atomic E-state index is 14.5. The molecule has 1 saturated heterocycles. The molecule has 1 aliphatic heterocycles. The number of likely N-dealkylation sites (N-methyl/N-ethyl adjacent to an activating group) is 1. The Kier molecular flexibility index (Phi) is 14.6. The number of hydrogen-bond donors (Lipinski definition) is 5. The second-order valence-electron chi connectivity index (χ2n) is 15.5. The summed E-state index contributed by atoms with van der Waals surface area (Å²) in [5.74, 6) is -2.40. The minimum Gasteiger partial charge on any atom is -0.393 e. The van der Waals surface area contributed by atoms with Crippen molar-refractivity contribution >= 4 is 45.7 Å². The van der Waals surface area contributed by atoms with Crippen LogP contribution in [0.25, 0.3) is 10.8 Å². The number of nitrogens with one attached hydrogen (secondary N) is 3. The average molecular weight is 764 g/mol. The topological polar surface area (TPSA) is 170 Å². The second kappa shape index (κ2) is 19.1. The van der Waals surface area contributed by atoms with Crippen LogP contribution in [-0.2, 0) is 36.8 Å². The lowest BCUT2D eigenvalue weighted by Crippen LogP contribution is -2.72. The fourth-order valence-corrected chi connectivity index (χ4v) is 8.52. The van der Waals surface area contributed by atoms with E-state index in [1.807, 2.05) is 42.5 Å². The summed E-state index contributed by atoms with van der Waals surface area (Å²) in [6.45, 7) is 4.57. The lowest BCUT2D eigenvalue weighted by molar-refractivity contribution is -0.149. The molecule has 2 fully saturated rings. The third-order valence-electron chi connectivity index (χ3n) is 11.2. The van der Waals surface area contributed by atoms with Crippen molar-refractivity contribution < 1.29 is 34.1 Å². The number of amides is 4. The summed E-state index contributed by atoms with van der Waals surface area (Å²) in [5.41, 5.74) is -0.677. The van der Waals surface area contributed by atoms with Gasteiger partial charge in [-0.1, -0.05) is 74.6 Å². The van der Waals surface area contributed by atoms with Crippen molar-refractivity contribution in [3.05, 3.63) is 64.6 Å². The fraction of sp³-hybridized carbons (Fsp3) is 0.585. The van der Waals surface area contributed by atoms with Gasteiger partial charge in [-0.3, -0.25) is 19.2 Å². The number of morpholine rings is 1. The molecular weight excluding hydrogens is 707 g/mol. The number of carbonyl (C=O) groups is 4. The van der Waals surface area contributed by atoms with Gasteiger partial charge in [-0.2, -0.15) is 0 Å². The summed E-state index contributed by atoms with van der Waals surface area (Å²) >= 11 is 1.34. The third-order valence-corrected chi connectivity index (χ3v) is 11.8. The van der Waals surface area contributed by atoms with Crippen LogP contribution in [0.2, 0.25) is 0 Å². The molecule has 5 rings (SSSR count). The quantitative estimate of drug-likeness (QED) is 0.138. The van der Waals surface area contributed by atoms with Gasteiger partial charge in [-0.25, -0.2) is 4.98 Å². The standard InChI is InChI=1S/C41H57N5O7S/c1-40(2,52)41(39(51)42-3,25-33(47)17-16-28-10-5-4-6-11-28)45-38(50)35(24-32-26-54-27-43-32)44-37(49)31(23-36(48)46-18-20-53-21-19-46)22-30-14-9-13-29-12-7-8-15-34(29)30/h7-9,12-15,26-28,31,33,35,47,52H,4-6,10-11,16-25H2,1-3H3,(H,42,51)(H,44,49)(H,45,50)/t31?,33-,35-,41?/m0/s1. The fourth-order valence-electron chi connectivity index (χ4n) is 7.94. The molecule has 1 saturated carbocycles. The Bertz CT molecular complexity index is 1700. The van der Waals surface area contributed by atoms with E-state index < -0.39 is 46.9 Å². The number of rotatable bonds is 17. The molecule has 54 heavy (non-hydrogen) atoms. The molecule has 1 aromatic heterocycles. The largest absolute Gasteiger partial charge is 0.393 e. The summed E-state index contributed by atoms with van der Waals surface area (Å²) < 4.78 is 5.44. The Balaban J connectivity index is 1.42. The maximum absolute atomic E-state index is 14.5. The molecule has 13 heteroatoms. The first-order valence-electron chi connectivity index (χ1n) is 19.3. The molecule has 2 unspecified atom stereocenters. The maximum Gasteiger partial charge on any atom is 0.248 e. The summed E-state index contributed by atoms with van der Waals surface area (Å²) in [5, 5.41) is 35.0. The van der Waals surface area contributed by atoms with Gasteiger partial charge in [0.15, 0.2) is 0 Å². The van der Waals surface area contributed by atoms with Crippen molar-refractivity contribution in [1.82, 2.24) is 25.8 Å². The van der Waals surface area contributed by atoms with Gasteiger partial charge < -0.3 is 35.8 Å². The minimum absolute atomic E-state index is 0.000609. The number of thiazole rings is 1. The smallest absolute Gasteiger partial charge is 0.248 e. The van der Waals surface area contributed by atoms with Gasteiger partial charge >= 0.3 is 0 Å². The van der Waals surface area contributed by atoms with E-state index in [-0.39, 0.29) is 31.6 Å². The molecule has 0 radical (unpaired) electrons. The van der Waals surface area contributed by atoms with Gasteiger partial charge in [0.1, 0.15) is 11.6 Å². The van der Waals surface area contributed by atoms with E-state index >= 15 is 0 Å². The molecule has 4 amide bonds.